The molecule has 1 atom stereocenters. The van der Waals surface area contributed by atoms with Gasteiger partial charge in [-0.2, -0.15) is 13.2 Å². The Morgan fingerprint density at radius 2 is 2.11 bits per heavy atom. The highest BCUT2D eigenvalue weighted by molar-refractivity contribution is 5.81. The standard InChI is InChI=1S/C13H13F3O3/c1-2-19-12(18)11(6-7-17)9-4-3-5-10(8-9)13(14,15)16/h3-5,7-8,11H,2,6H2,1H3. The second-order valence-corrected chi connectivity index (χ2v) is 3.83. The fourth-order valence-electron chi connectivity index (χ4n) is 1.64. The van der Waals surface area contributed by atoms with Gasteiger partial charge in [0.05, 0.1) is 18.1 Å². The van der Waals surface area contributed by atoms with Gasteiger partial charge in [0, 0.05) is 6.42 Å². The van der Waals surface area contributed by atoms with Gasteiger partial charge in [-0.25, -0.2) is 0 Å². The second kappa shape index (κ2) is 6.36. The summed E-state index contributed by atoms with van der Waals surface area (Å²) in [4.78, 5) is 22.2. The molecule has 0 aliphatic heterocycles. The maximum absolute atomic E-state index is 12.6. The van der Waals surface area contributed by atoms with Gasteiger partial charge in [-0.15, -0.1) is 0 Å². The molecule has 0 amide bonds. The second-order valence-electron chi connectivity index (χ2n) is 3.83. The molecule has 19 heavy (non-hydrogen) atoms. The van der Waals surface area contributed by atoms with Crippen LogP contribution < -0.4 is 0 Å². The molecular formula is C13H13F3O3. The van der Waals surface area contributed by atoms with Crippen LogP contribution in [0.15, 0.2) is 24.3 Å². The molecular weight excluding hydrogens is 261 g/mol. The smallest absolute Gasteiger partial charge is 0.416 e. The largest absolute Gasteiger partial charge is 0.466 e. The maximum atomic E-state index is 12.6. The molecule has 0 spiro atoms. The van der Waals surface area contributed by atoms with Crippen LogP contribution in [-0.4, -0.2) is 18.9 Å². The van der Waals surface area contributed by atoms with Gasteiger partial charge in [0.2, 0.25) is 0 Å². The van der Waals surface area contributed by atoms with Crippen molar-refractivity contribution in [3.63, 3.8) is 0 Å². The summed E-state index contributed by atoms with van der Waals surface area (Å²) < 4.78 is 42.5. The van der Waals surface area contributed by atoms with Crippen molar-refractivity contribution in [3.8, 4) is 0 Å². The Bertz CT molecular complexity index is 455. The van der Waals surface area contributed by atoms with Crippen LogP contribution in [0.5, 0.6) is 0 Å². The molecule has 0 fully saturated rings. The Balaban J connectivity index is 3.09. The van der Waals surface area contributed by atoms with Gasteiger partial charge in [-0.3, -0.25) is 4.79 Å². The van der Waals surface area contributed by atoms with Gasteiger partial charge in [0.1, 0.15) is 6.29 Å². The minimum absolute atomic E-state index is 0.104. The predicted molar refractivity (Wildman–Crippen MR) is 61.5 cm³/mol. The van der Waals surface area contributed by atoms with Crippen molar-refractivity contribution in [2.24, 2.45) is 0 Å². The lowest BCUT2D eigenvalue weighted by molar-refractivity contribution is -0.146. The first-order valence-corrected chi connectivity index (χ1v) is 5.67. The Kier molecular flexibility index (Phi) is 5.09. The fraction of sp³-hybridized carbons (Fsp3) is 0.385. The molecule has 1 unspecified atom stereocenters. The molecule has 0 heterocycles. The summed E-state index contributed by atoms with van der Waals surface area (Å²) in [5.41, 5.74) is -0.731. The van der Waals surface area contributed by atoms with Crippen LogP contribution in [0.2, 0.25) is 0 Å². The van der Waals surface area contributed by atoms with Crippen LogP contribution in [0.4, 0.5) is 13.2 Å². The quantitative estimate of drug-likeness (QED) is 0.612. The average Bonchev–Trinajstić information content (AvgIpc) is 2.35. The first-order valence-electron chi connectivity index (χ1n) is 5.67. The van der Waals surface area contributed by atoms with E-state index in [1.54, 1.807) is 6.92 Å². The van der Waals surface area contributed by atoms with Crippen LogP contribution in [0.25, 0.3) is 0 Å². The summed E-state index contributed by atoms with van der Waals surface area (Å²) in [6, 6.07) is 4.35. The molecule has 0 N–H and O–H groups in total. The summed E-state index contributed by atoms with van der Waals surface area (Å²) in [6.07, 6.45) is -4.21. The molecule has 6 heteroatoms. The van der Waals surface area contributed by atoms with E-state index in [1.807, 2.05) is 0 Å². The molecule has 104 valence electrons. The summed E-state index contributed by atoms with van der Waals surface area (Å²) >= 11 is 0. The Hall–Kier alpha value is -1.85. The van der Waals surface area contributed by atoms with E-state index in [0.717, 1.165) is 12.1 Å². The number of alkyl halides is 3. The van der Waals surface area contributed by atoms with E-state index in [4.69, 9.17) is 4.74 Å². The van der Waals surface area contributed by atoms with Crippen LogP contribution in [0.1, 0.15) is 30.4 Å². The number of carbonyl (C=O) groups excluding carboxylic acids is 2. The predicted octanol–water partition coefficient (Wildman–Crippen LogP) is 2.94. The first kappa shape index (κ1) is 15.2. The number of ether oxygens (including phenoxy) is 1. The first-order chi connectivity index (χ1) is 8.90. The summed E-state index contributed by atoms with van der Waals surface area (Å²) in [5, 5.41) is 0. The van der Waals surface area contributed by atoms with Crippen molar-refractivity contribution in [2.75, 3.05) is 6.61 Å². The highest BCUT2D eigenvalue weighted by Crippen LogP contribution is 2.32. The third kappa shape index (κ3) is 4.08. The number of halogens is 3. The number of carbonyl (C=O) groups is 2. The highest BCUT2D eigenvalue weighted by Gasteiger charge is 2.32. The average molecular weight is 274 g/mol. The number of hydrogen-bond acceptors (Lipinski definition) is 3. The van der Waals surface area contributed by atoms with Crippen LogP contribution >= 0.6 is 0 Å². The lowest BCUT2D eigenvalue weighted by Crippen LogP contribution is -2.17. The summed E-state index contributed by atoms with van der Waals surface area (Å²) in [6.45, 7) is 1.69. The normalized spacial score (nSPS) is 12.8. The van der Waals surface area contributed by atoms with E-state index < -0.39 is 23.6 Å². The van der Waals surface area contributed by atoms with Gasteiger partial charge in [0.15, 0.2) is 0 Å². The molecule has 1 rings (SSSR count). The molecule has 1 aromatic rings. The Morgan fingerprint density at radius 3 is 2.63 bits per heavy atom. The minimum Gasteiger partial charge on any atom is -0.466 e. The van der Waals surface area contributed by atoms with Crippen molar-refractivity contribution in [2.45, 2.75) is 25.4 Å². The Labute approximate surface area is 108 Å². The van der Waals surface area contributed by atoms with Crippen molar-refractivity contribution in [1.29, 1.82) is 0 Å². The van der Waals surface area contributed by atoms with E-state index in [9.17, 15) is 22.8 Å². The van der Waals surface area contributed by atoms with Gasteiger partial charge >= 0.3 is 12.1 Å². The maximum Gasteiger partial charge on any atom is 0.416 e. The minimum atomic E-state index is -4.49. The number of benzene rings is 1. The molecule has 0 radical (unpaired) electrons. The van der Waals surface area contributed by atoms with Crippen LogP contribution in [0, 0.1) is 0 Å². The Morgan fingerprint density at radius 1 is 1.42 bits per heavy atom. The molecule has 3 nitrogen and oxygen atoms in total. The van der Waals surface area contributed by atoms with Gasteiger partial charge < -0.3 is 9.53 Å². The number of esters is 1. The zero-order valence-electron chi connectivity index (χ0n) is 10.2. The lowest BCUT2D eigenvalue weighted by Gasteiger charge is -2.15. The van der Waals surface area contributed by atoms with Gasteiger partial charge in [-0.1, -0.05) is 18.2 Å². The molecule has 0 aromatic heterocycles. The highest BCUT2D eigenvalue weighted by atomic mass is 19.4. The van der Waals surface area contributed by atoms with Crippen molar-refractivity contribution >= 4 is 12.3 Å². The zero-order valence-corrected chi connectivity index (χ0v) is 10.2. The molecule has 1 aromatic carbocycles. The van der Waals surface area contributed by atoms with E-state index in [-0.39, 0.29) is 18.6 Å². The summed E-state index contributed by atoms with van der Waals surface area (Å²) in [5.74, 6) is -1.70. The molecule has 0 saturated heterocycles. The van der Waals surface area contributed by atoms with Crippen molar-refractivity contribution in [1.82, 2.24) is 0 Å². The van der Waals surface area contributed by atoms with Crippen LogP contribution in [-0.2, 0) is 20.5 Å². The SMILES string of the molecule is CCOC(=O)C(CC=O)c1cccc(C(F)(F)F)c1. The number of rotatable bonds is 5. The van der Waals surface area contributed by atoms with E-state index in [2.05, 4.69) is 0 Å². The van der Waals surface area contributed by atoms with Crippen molar-refractivity contribution in [3.05, 3.63) is 35.4 Å². The van der Waals surface area contributed by atoms with E-state index in [0.29, 0.717) is 6.29 Å². The third-order valence-corrected chi connectivity index (χ3v) is 2.52. The van der Waals surface area contributed by atoms with Crippen LogP contribution in [0.3, 0.4) is 0 Å². The molecule has 0 aliphatic rings. The molecule has 0 saturated carbocycles. The number of hydrogen-bond donors (Lipinski definition) is 0. The lowest BCUT2D eigenvalue weighted by atomic mass is 9.95. The number of aldehydes is 1. The molecule has 0 aliphatic carbocycles. The van der Waals surface area contributed by atoms with E-state index in [1.165, 1.54) is 12.1 Å². The monoisotopic (exact) mass is 274 g/mol. The third-order valence-electron chi connectivity index (χ3n) is 2.52. The van der Waals surface area contributed by atoms with E-state index >= 15 is 0 Å². The molecule has 0 bridgehead atoms. The van der Waals surface area contributed by atoms with Crippen molar-refractivity contribution < 1.29 is 27.5 Å². The fourth-order valence-corrected chi connectivity index (χ4v) is 1.64. The van der Waals surface area contributed by atoms with Gasteiger partial charge in [0.25, 0.3) is 0 Å². The zero-order chi connectivity index (χ0) is 14.5. The summed E-state index contributed by atoms with van der Waals surface area (Å²) in [7, 11) is 0. The van der Waals surface area contributed by atoms with Gasteiger partial charge in [-0.05, 0) is 18.6 Å². The topological polar surface area (TPSA) is 43.4 Å².